The Hall–Kier alpha value is -2.37. The number of carboxylic acids is 1. The summed E-state index contributed by atoms with van der Waals surface area (Å²) in [7, 11) is 0. The number of Topliss-reactive ketones (excluding diaryl/α,β-unsaturated/α-hetero) is 1. The average Bonchev–Trinajstić information content (AvgIpc) is 3.41. The van der Waals surface area contributed by atoms with Gasteiger partial charge >= 0.3 is 5.97 Å². The third-order valence-corrected chi connectivity index (χ3v) is 4.26. The molecule has 1 unspecified atom stereocenters. The number of carboxylic acid groups (broad SMARTS) is 1. The fourth-order valence-electron chi connectivity index (χ4n) is 2.56. The van der Waals surface area contributed by atoms with Gasteiger partial charge in [0.25, 0.3) is 0 Å². The van der Waals surface area contributed by atoms with Crippen LogP contribution in [0.3, 0.4) is 0 Å². The number of nitrogens with zero attached hydrogens (tertiary/aromatic N) is 1. The van der Waals surface area contributed by atoms with E-state index in [2.05, 4.69) is 0 Å². The van der Waals surface area contributed by atoms with Crippen LogP contribution in [0.25, 0.3) is 0 Å². The second-order valence-corrected chi connectivity index (χ2v) is 6.55. The van der Waals surface area contributed by atoms with Crippen LogP contribution in [0.4, 0.5) is 0 Å². The van der Waals surface area contributed by atoms with Gasteiger partial charge in [0, 0.05) is 24.6 Å². The lowest BCUT2D eigenvalue weighted by Gasteiger charge is -2.24. The lowest BCUT2D eigenvalue weighted by molar-refractivity contribution is -0.143. The van der Waals surface area contributed by atoms with Crippen LogP contribution in [0.1, 0.15) is 49.9 Å². The van der Waals surface area contributed by atoms with Gasteiger partial charge in [0.05, 0.1) is 12.5 Å². The van der Waals surface area contributed by atoms with Gasteiger partial charge in [0.15, 0.2) is 5.78 Å². The Balaban J connectivity index is 1.75. The summed E-state index contributed by atoms with van der Waals surface area (Å²) >= 11 is 0. The highest BCUT2D eigenvalue weighted by Crippen LogP contribution is 2.28. The Kier molecular flexibility index (Phi) is 6.56. The monoisotopic (exact) mass is 347 g/mol. The summed E-state index contributed by atoms with van der Waals surface area (Å²) in [5.41, 5.74) is 0.634. The number of benzene rings is 1. The first-order chi connectivity index (χ1) is 11.9. The molecule has 0 heterocycles. The number of carbonyl (C=O) groups is 3. The lowest BCUT2D eigenvalue weighted by atomic mass is 10.1. The highest BCUT2D eigenvalue weighted by molar-refractivity contribution is 5.94. The number of rotatable bonds is 10. The highest BCUT2D eigenvalue weighted by Gasteiger charge is 2.34. The zero-order valence-electron chi connectivity index (χ0n) is 14.7. The van der Waals surface area contributed by atoms with E-state index in [1.807, 2.05) is 0 Å². The molecule has 0 aromatic heterocycles. The molecule has 1 atom stereocenters. The first kappa shape index (κ1) is 19.0. The van der Waals surface area contributed by atoms with Crippen LogP contribution in [0.2, 0.25) is 0 Å². The normalized spacial score (nSPS) is 14.6. The molecule has 0 spiro atoms. The maximum absolute atomic E-state index is 12.4. The molecular weight excluding hydrogens is 322 g/mol. The molecule has 1 N–H and O–H groups in total. The molecule has 1 fully saturated rings. The standard InChI is InChI=1S/C19H25NO5/c1-13(19(23)24)12-20(16-7-8-16)18(22)4-3-11-25-17-9-5-15(6-10-17)14(2)21/h5-6,9-10,13,16H,3-4,7-8,11-12H2,1-2H3,(H,23,24). The zero-order chi connectivity index (χ0) is 18.4. The summed E-state index contributed by atoms with van der Waals surface area (Å²) in [5, 5.41) is 9.03. The van der Waals surface area contributed by atoms with Crippen LogP contribution in [0, 0.1) is 5.92 Å². The van der Waals surface area contributed by atoms with Crippen LogP contribution in [-0.4, -0.2) is 46.9 Å². The van der Waals surface area contributed by atoms with Crippen molar-refractivity contribution in [2.24, 2.45) is 5.92 Å². The number of aliphatic carboxylic acids is 1. The van der Waals surface area contributed by atoms with Gasteiger partial charge in [-0.1, -0.05) is 6.92 Å². The van der Waals surface area contributed by atoms with Crippen molar-refractivity contribution in [3.63, 3.8) is 0 Å². The van der Waals surface area contributed by atoms with Crippen LogP contribution in [0.5, 0.6) is 5.75 Å². The third kappa shape index (κ3) is 5.89. The molecule has 1 saturated carbocycles. The SMILES string of the molecule is CC(=O)c1ccc(OCCCC(=O)N(CC(C)C(=O)O)C2CC2)cc1. The number of ketones is 1. The van der Waals surface area contributed by atoms with E-state index in [1.54, 1.807) is 36.1 Å². The molecule has 25 heavy (non-hydrogen) atoms. The fourth-order valence-corrected chi connectivity index (χ4v) is 2.56. The van der Waals surface area contributed by atoms with Crippen molar-refractivity contribution >= 4 is 17.7 Å². The van der Waals surface area contributed by atoms with Gasteiger partial charge in [-0.25, -0.2) is 0 Å². The van der Waals surface area contributed by atoms with E-state index < -0.39 is 11.9 Å². The van der Waals surface area contributed by atoms with Crippen LogP contribution in [-0.2, 0) is 9.59 Å². The Morgan fingerprint density at radius 2 is 1.88 bits per heavy atom. The van der Waals surface area contributed by atoms with Crippen LogP contribution in [0.15, 0.2) is 24.3 Å². The Labute approximate surface area is 147 Å². The number of carbonyl (C=O) groups excluding carboxylic acids is 2. The summed E-state index contributed by atoms with van der Waals surface area (Å²) in [5.74, 6) is -0.772. The highest BCUT2D eigenvalue weighted by atomic mass is 16.5. The third-order valence-electron chi connectivity index (χ3n) is 4.26. The van der Waals surface area contributed by atoms with E-state index in [1.165, 1.54) is 6.92 Å². The molecule has 0 bridgehead atoms. The molecule has 0 aliphatic heterocycles. The minimum Gasteiger partial charge on any atom is -0.494 e. The van der Waals surface area contributed by atoms with E-state index in [-0.39, 0.29) is 24.3 Å². The topological polar surface area (TPSA) is 83.9 Å². The van der Waals surface area contributed by atoms with Crippen molar-refractivity contribution in [1.29, 1.82) is 0 Å². The average molecular weight is 347 g/mol. The minimum absolute atomic E-state index is 0.00732. The molecule has 2 rings (SSSR count). The largest absolute Gasteiger partial charge is 0.494 e. The van der Waals surface area contributed by atoms with Gasteiger partial charge in [-0.15, -0.1) is 0 Å². The van der Waals surface area contributed by atoms with Gasteiger partial charge < -0.3 is 14.7 Å². The molecule has 6 heteroatoms. The molecule has 136 valence electrons. The van der Waals surface area contributed by atoms with Gasteiger partial charge in [-0.05, 0) is 50.5 Å². The molecule has 0 saturated heterocycles. The van der Waals surface area contributed by atoms with Crippen molar-refractivity contribution in [2.45, 2.75) is 45.6 Å². The minimum atomic E-state index is -0.879. The van der Waals surface area contributed by atoms with Gasteiger partial charge in [-0.3, -0.25) is 14.4 Å². The summed E-state index contributed by atoms with van der Waals surface area (Å²) in [6.45, 7) is 3.81. The predicted octanol–water partition coefficient (Wildman–Crippen LogP) is 2.76. The lowest BCUT2D eigenvalue weighted by Crippen LogP contribution is -2.38. The molecule has 1 amide bonds. The van der Waals surface area contributed by atoms with E-state index in [4.69, 9.17) is 9.84 Å². The van der Waals surface area contributed by atoms with Crippen molar-refractivity contribution in [1.82, 2.24) is 4.90 Å². The smallest absolute Gasteiger partial charge is 0.308 e. The number of amides is 1. The predicted molar refractivity (Wildman–Crippen MR) is 92.7 cm³/mol. The number of hydrogen-bond acceptors (Lipinski definition) is 4. The Bertz CT molecular complexity index is 621. The maximum Gasteiger partial charge on any atom is 0.308 e. The molecule has 6 nitrogen and oxygen atoms in total. The van der Waals surface area contributed by atoms with E-state index in [9.17, 15) is 14.4 Å². The number of hydrogen-bond donors (Lipinski definition) is 1. The zero-order valence-corrected chi connectivity index (χ0v) is 14.7. The van der Waals surface area contributed by atoms with Gasteiger partial charge in [0.2, 0.25) is 5.91 Å². The van der Waals surface area contributed by atoms with Crippen molar-refractivity contribution < 1.29 is 24.2 Å². The molecule has 1 aromatic rings. The van der Waals surface area contributed by atoms with E-state index in [0.29, 0.717) is 30.8 Å². The molecule has 0 radical (unpaired) electrons. The Morgan fingerprint density at radius 1 is 1.24 bits per heavy atom. The molecular formula is C19H25NO5. The molecule has 1 aliphatic rings. The second kappa shape index (κ2) is 8.65. The molecule has 1 aromatic carbocycles. The van der Waals surface area contributed by atoms with Crippen molar-refractivity contribution in [3.05, 3.63) is 29.8 Å². The van der Waals surface area contributed by atoms with Gasteiger partial charge in [0.1, 0.15) is 5.75 Å². The fraction of sp³-hybridized carbons (Fsp3) is 0.526. The van der Waals surface area contributed by atoms with Gasteiger partial charge in [-0.2, -0.15) is 0 Å². The molecule has 1 aliphatic carbocycles. The van der Waals surface area contributed by atoms with Crippen molar-refractivity contribution in [2.75, 3.05) is 13.2 Å². The number of ether oxygens (including phenoxy) is 1. The van der Waals surface area contributed by atoms with Crippen molar-refractivity contribution in [3.8, 4) is 5.75 Å². The van der Waals surface area contributed by atoms with Crippen LogP contribution >= 0.6 is 0 Å². The first-order valence-corrected chi connectivity index (χ1v) is 8.64. The Morgan fingerprint density at radius 3 is 2.40 bits per heavy atom. The second-order valence-electron chi connectivity index (χ2n) is 6.55. The quantitative estimate of drug-likeness (QED) is 0.520. The van der Waals surface area contributed by atoms with Crippen LogP contribution < -0.4 is 4.74 Å². The van der Waals surface area contributed by atoms with E-state index >= 15 is 0 Å². The summed E-state index contributed by atoms with van der Waals surface area (Å²) in [4.78, 5) is 36.3. The van der Waals surface area contributed by atoms with E-state index in [0.717, 1.165) is 12.8 Å². The maximum atomic E-state index is 12.4. The summed E-state index contributed by atoms with van der Waals surface area (Å²) in [6.07, 6.45) is 2.82. The summed E-state index contributed by atoms with van der Waals surface area (Å²) < 4.78 is 5.59. The summed E-state index contributed by atoms with van der Waals surface area (Å²) in [6, 6.07) is 7.11. The first-order valence-electron chi connectivity index (χ1n) is 8.64.